The predicted octanol–water partition coefficient (Wildman–Crippen LogP) is 0.503. The molecule has 0 saturated heterocycles. The molecule has 0 aromatic heterocycles. The highest BCUT2D eigenvalue weighted by Gasteiger charge is 2.11. The summed E-state index contributed by atoms with van der Waals surface area (Å²) in [5, 5.41) is 31.8. The number of aliphatic hydroxyl groups excluding tert-OH is 1. The van der Waals surface area contributed by atoms with Gasteiger partial charge in [0, 0.05) is 12.7 Å². The Kier molecular flexibility index (Phi) is 7.77. The van der Waals surface area contributed by atoms with Gasteiger partial charge in [-0.1, -0.05) is 12.1 Å². The molecule has 0 bridgehead atoms. The van der Waals surface area contributed by atoms with Crippen LogP contribution in [-0.2, 0) is 9.53 Å². The molecule has 3 N–H and O–H groups in total. The van der Waals surface area contributed by atoms with Crippen molar-refractivity contribution in [3.05, 3.63) is 41.6 Å². The normalized spacial score (nSPS) is 10.4. The molecule has 1 amide bonds. The molecular weight excluding hydrogens is 284 g/mol. The second-order valence-electron chi connectivity index (χ2n) is 4.07. The number of hydrogen-bond donors (Lipinski definition) is 3. The highest BCUT2D eigenvalue weighted by atomic mass is 16.5. The highest BCUT2D eigenvalue weighted by molar-refractivity contribution is 6.07. The number of nitriles is 2. The van der Waals surface area contributed by atoms with Crippen LogP contribution in [0.25, 0.3) is 0 Å². The van der Waals surface area contributed by atoms with Crippen molar-refractivity contribution in [1.82, 2.24) is 5.32 Å². The van der Waals surface area contributed by atoms with Gasteiger partial charge in [-0.15, -0.1) is 0 Å². The first-order chi connectivity index (χ1) is 10.7. The Bertz CT molecular complexity index is 614. The van der Waals surface area contributed by atoms with Gasteiger partial charge in [-0.25, -0.2) is 0 Å². The van der Waals surface area contributed by atoms with E-state index in [0.717, 1.165) is 0 Å². The first-order valence-electron chi connectivity index (χ1n) is 6.55. The molecule has 7 nitrogen and oxygen atoms in total. The van der Waals surface area contributed by atoms with Gasteiger partial charge in [0.15, 0.2) is 0 Å². The van der Waals surface area contributed by atoms with Gasteiger partial charge in [-0.3, -0.25) is 4.79 Å². The summed E-state index contributed by atoms with van der Waals surface area (Å²) >= 11 is 0. The molecule has 0 aliphatic heterocycles. The van der Waals surface area contributed by atoms with Crippen LogP contribution in [0.15, 0.2) is 36.0 Å². The maximum atomic E-state index is 12.0. The van der Waals surface area contributed by atoms with E-state index in [1.165, 1.54) is 6.20 Å². The monoisotopic (exact) mass is 300 g/mol. The SMILES string of the molecule is N#C/C(=C/NCCOCCO)C(=O)Nc1ccccc1C#N. The maximum absolute atomic E-state index is 12.0. The van der Waals surface area contributed by atoms with E-state index in [4.69, 9.17) is 20.4 Å². The lowest BCUT2D eigenvalue weighted by Crippen LogP contribution is -2.20. The largest absolute Gasteiger partial charge is 0.394 e. The van der Waals surface area contributed by atoms with Gasteiger partial charge in [0.1, 0.15) is 17.7 Å². The summed E-state index contributed by atoms with van der Waals surface area (Å²) in [6.07, 6.45) is 1.28. The molecule has 0 atom stereocenters. The van der Waals surface area contributed by atoms with Gasteiger partial charge in [-0.05, 0) is 12.1 Å². The van der Waals surface area contributed by atoms with E-state index in [0.29, 0.717) is 24.4 Å². The van der Waals surface area contributed by atoms with Gasteiger partial charge in [0.2, 0.25) is 0 Å². The van der Waals surface area contributed by atoms with E-state index in [-0.39, 0.29) is 18.8 Å². The zero-order valence-corrected chi connectivity index (χ0v) is 11.9. The van der Waals surface area contributed by atoms with Crippen LogP contribution in [0, 0.1) is 22.7 Å². The summed E-state index contributed by atoms with van der Waals surface area (Å²) < 4.78 is 5.02. The van der Waals surface area contributed by atoms with Crippen LogP contribution in [-0.4, -0.2) is 37.4 Å². The first kappa shape index (κ1) is 17.2. The van der Waals surface area contributed by atoms with Crippen molar-refractivity contribution in [3.63, 3.8) is 0 Å². The number of aliphatic hydroxyl groups is 1. The highest BCUT2D eigenvalue weighted by Crippen LogP contribution is 2.14. The Balaban J connectivity index is 2.58. The molecular formula is C15H16N4O3. The lowest BCUT2D eigenvalue weighted by molar-refractivity contribution is -0.112. The number of nitrogens with one attached hydrogen (secondary N) is 2. The van der Waals surface area contributed by atoms with Crippen LogP contribution in [0.5, 0.6) is 0 Å². The molecule has 0 aliphatic rings. The molecule has 0 spiro atoms. The zero-order valence-electron chi connectivity index (χ0n) is 11.9. The molecule has 114 valence electrons. The Labute approximate surface area is 128 Å². The number of benzene rings is 1. The van der Waals surface area contributed by atoms with Crippen LogP contribution < -0.4 is 10.6 Å². The van der Waals surface area contributed by atoms with Crippen LogP contribution in [0.3, 0.4) is 0 Å². The fraction of sp³-hybridized carbons (Fsp3) is 0.267. The molecule has 7 heteroatoms. The lowest BCUT2D eigenvalue weighted by Gasteiger charge is -2.06. The average molecular weight is 300 g/mol. The minimum absolute atomic E-state index is 0.0556. The Morgan fingerprint density at radius 2 is 2.09 bits per heavy atom. The van der Waals surface area contributed by atoms with Crippen molar-refractivity contribution < 1.29 is 14.6 Å². The summed E-state index contributed by atoms with van der Waals surface area (Å²) in [6.45, 7) is 0.920. The van der Waals surface area contributed by atoms with Crippen LogP contribution in [0.1, 0.15) is 5.56 Å². The molecule has 0 aliphatic carbocycles. The molecule has 0 saturated carbocycles. The van der Waals surface area contributed by atoms with Crippen molar-refractivity contribution in [3.8, 4) is 12.1 Å². The van der Waals surface area contributed by atoms with E-state index >= 15 is 0 Å². The number of carbonyl (C=O) groups excluding carboxylic acids is 1. The van der Waals surface area contributed by atoms with Crippen LogP contribution in [0.2, 0.25) is 0 Å². The number of ether oxygens (including phenoxy) is 1. The predicted molar refractivity (Wildman–Crippen MR) is 79.4 cm³/mol. The average Bonchev–Trinajstić information content (AvgIpc) is 2.54. The van der Waals surface area contributed by atoms with Crippen molar-refractivity contribution in [2.24, 2.45) is 0 Å². The Hall–Kier alpha value is -2.87. The molecule has 1 aromatic carbocycles. The Morgan fingerprint density at radius 3 is 2.77 bits per heavy atom. The third-order valence-electron chi connectivity index (χ3n) is 2.53. The van der Waals surface area contributed by atoms with Crippen LogP contribution >= 0.6 is 0 Å². The lowest BCUT2D eigenvalue weighted by atomic mass is 10.2. The number of anilines is 1. The van der Waals surface area contributed by atoms with E-state index in [9.17, 15) is 4.79 Å². The maximum Gasteiger partial charge on any atom is 0.267 e. The summed E-state index contributed by atoms with van der Waals surface area (Å²) in [7, 11) is 0. The minimum atomic E-state index is -0.603. The fourth-order valence-electron chi connectivity index (χ4n) is 1.50. The molecule has 22 heavy (non-hydrogen) atoms. The molecule has 0 fully saturated rings. The van der Waals surface area contributed by atoms with Gasteiger partial charge in [-0.2, -0.15) is 10.5 Å². The van der Waals surface area contributed by atoms with Crippen molar-refractivity contribution >= 4 is 11.6 Å². The zero-order chi connectivity index (χ0) is 16.2. The molecule has 0 heterocycles. The van der Waals surface area contributed by atoms with E-state index in [1.807, 2.05) is 6.07 Å². The van der Waals surface area contributed by atoms with Gasteiger partial charge < -0.3 is 20.5 Å². The fourth-order valence-corrected chi connectivity index (χ4v) is 1.50. The number of carbonyl (C=O) groups is 1. The van der Waals surface area contributed by atoms with Gasteiger partial charge >= 0.3 is 0 Å². The number of para-hydroxylation sites is 1. The second kappa shape index (κ2) is 9.94. The van der Waals surface area contributed by atoms with Crippen molar-refractivity contribution in [2.75, 3.05) is 31.7 Å². The summed E-state index contributed by atoms with van der Waals surface area (Å²) in [4.78, 5) is 12.0. The topological polar surface area (TPSA) is 118 Å². The second-order valence-corrected chi connectivity index (χ2v) is 4.07. The molecule has 1 rings (SSSR count). The summed E-state index contributed by atoms with van der Waals surface area (Å²) in [6, 6.07) is 10.3. The van der Waals surface area contributed by atoms with E-state index in [1.54, 1.807) is 30.3 Å². The standard InChI is InChI=1S/C15H16N4O3/c16-9-12-3-1-2-4-14(12)19-15(21)13(10-17)11-18-5-7-22-8-6-20/h1-4,11,18,20H,5-8H2,(H,19,21)/b13-11-. The van der Waals surface area contributed by atoms with Gasteiger partial charge in [0.25, 0.3) is 5.91 Å². The van der Waals surface area contributed by atoms with Crippen molar-refractivity contribution in [1.29, 1.82) is 10.5 Å². The molecule has 1 aromatic rings. The number of hydrogen-bond acceptors (Lipinski definition) is 6. The smallest absolute Gasteiger partial charge is 0.267 e. The first-order valence-corrected chi connectivity index (χ1v) is 6.55. The molecule has 0 unspecified atom stereocenters. The summed E-state index contributed by atoms with van der Waals surface area (Å²) in [5.74, 6) is -0.603. The number of amides is 1. The van der Waals surface area contributed by atoms with Crippen LogP contribution in [0.4, 0.5) is 5.69 Å². The Morgan fingerprint density at radius 1 is 1.32 bits per heavy atom. The van der Waals surface area contributed by atoms with E-state index in [2.05, 4.69) is 10.6 Å². The third kappa shape index (κ3) is 5.63. The van der Waals surface area contributed by atoms with Gasteiger partial charge in [0.05, 0.1) is 31.1 Å². The number of rotatable bonds is 8. The summed E-state index contributed by atoms with van der Waals surface area (Å²) in [5.41, 5.74) is 0.552. The number of nitrogens with zero attached hydrogens (tertiary/aromatic N) is 2. The quantitative estimate of drug-likeness (QED) is 0.365. The van der Waals surface area contributed by atoms with E-state index < -0.39 is 5.91 Å². The third-order valence-corrected chi connectivity index (χ3v) is 2.53. The molecule has 0 radical (unpaired) electrons. The minimum Gasteiger partial charge on any atom is -0.394 e. The van der Waals surface area contributed by atoms with Crippen molar-refractivity contribution in [2.45, 2.75) is 0 Å².